The molecule has 1 aliphatic rings. The fraction of sp³-hybridized carbons (Fsp3) is 0.500. The summed E-state index contributed by atoms with van der Waals surface area (Å²) in [5.41, 5.74) is 0.539. The summed E-state index contributed by atoms with van der Waals surface area (Å²) in [5.74, 6) is 0.671. The van der Waals surface area contributed by atoms with Gasteiger partial charge in [-0.3, -0.25) is 9.78 Å². The van der Waals surface area contributed by atoms with Crippen LogP contribution in [0.25, 0.3) is 0 Å². The molecule has 1 aromatic rings. The summed E-state index contributed by atoms with van der Waals surface area (Å²) < 4.78 is 0. The zero-order valence-corrected chi connectivity index (χ0v) is 10.9. The second kappa shape index (κ2) is 4.95. The van der Waals surface area contributed by atoms with Gasteiger partial charge in [0.25, 0.3) is 5.91 Å². The van der Waals surface area contributed by atoms with Crippen LogP contribution in [0.5, 0.6) is 0 Å². The van der Waals surface area contributed by atoms with Crippen molar-refractivity contribution in [1.82, 2.24) is 9.88 Å². The molecule has 0 aliphatic carbocycles. The summed E-state index contributed by atoms with van der Waals surface area (Å²) in [6.45, 7) is 3.82. The zero-order valence-electron chi connectivity index (χ0n) is 9.27. The number of carbonyl (C=O) groups excluding carboxylic acids is 1. The Morgan fingerprint density at radius 2 is 2.38 bits per heavy atom. The summed E-state index contributed by atoms with van der Waals surface area (Å²) in [7, 11) is 0. The van der Waals surface area contributed by atoms with E-state index in [4.69, 9.17) is 0 Å². The molecule has 0 saturated carbocycles. The summed E-state index contributed by atoms with van der Waals surface area (Å²) >= 11 is 3.62. The lowest BCUT2D eigenvalue weighted by Gasteiger charge is -2.34. The first kappa shape index (κ1) is 11.6. The second-order valence-corrected chi connectivity index (χ2v) is 5.42. The van der Waals surface area contributed by atoms with Crippen LogP contribution in [0.2, 0.25) is 0 Å². The quantitative estimate of drug-likeness (QED) is 0.741. The fourth-order valence-electron chi connectivity index (χ4n) is 1.86. The average Bonchev–Trinajstić information content (AvgIpc) is 2.33. The third-order valence-electron chi connectivity index (χ3n) is 3.04. The van der Waals surface area contributed by atoms with Crippen LogP contribution < -0.4 is 0 Å². The maximum Gasteiger partial charge on any atom is 0.272 e. The fourth-order valence-corrected chi connectivity index (χ4v) is 2.47. The number of amides is 1. The van der Waals surface area contributed by atoms with Crippen LogP contribution in [0.1, 0.15) is 23.8 Å². The molecule has 2 unspecified atom stereocenters. The van der Waals surface area contributed by atoms with Crippen LogP contribution in [0, 0.1) is 5.92 Å². The van der Waals surface area contributed by atoms with Gasteiger partial charge in [0.05, 0.1) is 0 Å². The second-order valence-electron chi connectivity index (χ2n) is 4.25. The maximum atomic E-state index is 12.1. The number of likely N-dealkylation sites (tertiary alicyclic amines) is 1. The molecular formula is C12H15BrN2O. The van der Waals surface area contributed by atoms with E-state index in [9.17, 15) is 4.79 Å². The zero-order chi connectivity index (χ0) is 11.5. The van der Waals surface area contributed by atoms with Crippen molar-refractivity contribution in [3.63, 3.8) is 0 Å². The molecule has 0 bridgehead atoms. The minimum atomic E-state index is 0.0388. The Kier molecular flexibility index (Phi) is 3.59. The molecule has 3 nitrogen and oxygen atoms in total. The minimum Gasteiger partial charge on any atom is -0.336 e. The molecule has 2 atom stereocenters. The smallest absolute Gasteiger partial charge is 0.272 e. The van der Waals surface area contributed by atoms with E-state index < -0.39 is 0 Å². The van der Waals surface area contributed by atoms with Gasteiger partial charge in [0, 0.05) is 24.1 Å². The van der Waals surface area contributed by atoms with E-state index in [2.05, 4.69) is 27.8 Å². The van der Waals surface area contributed by atoms with Crippen molar-refractivity contribution in [2.45, 2.75) is 18.2 Å². The highest BCUT2D eigenvalue weighted by Crippen LogP contribution is 2.24. The van der Waals surface area contributed by atoms with Gasteiger partial charge in [0.1, 0.15) is 5.69 Å². The van der Waals surface area contributed by atoms with Gasteiger partial charge >= 0.3 is 0 Å². The maximum absolute atomic E-state index is 12.1. The number of halogens is 1. The van der Waals surface area contributed by atoms with Crippen molar-refractivity contribution in [1.29, 1.82) is 0 Å². The standard InChI is InChI=1S/C12H15BrN2O/c1-9-5-7-15(8-10(9)13)12(16)11-4-2-3-6-14-11/h2-4,6,9-10H,5,7-8H2,1H3. The topological polar surface area (TPSA) is 33.2 Å². The molecule has 86 valence electrons. The first-order valence-corrected chi connectivity index (χ1v) is 6.44. The molecule has 0 radical (unpaired) electrons. The lowest BCUT2D eigenvalue weighted by atomic mass is 9.99. The van der Waals surface area contributed by atoms with Crippen molar-refractivity contribution >= 4 is 21.8 Å². The van der Waals surface area contributed by atoms with Gasteiger partial charge < -0.3 is 4.90 Å². The van der Waals surface area contributed by atoms with E-state index in [1.54, 1.807) is 12.3 Å². The number of hydrogen-bond donors (Lipinski definition) is 0. The average molecular weight is 283 g/mol. The van der Waals surface area contributed by atoms with Gasteiger partial charge in [-0.05, 0) is 24.5 Å². The van der Waals surface area contributed by atoms with E-state index in [1.165, 1.54) is 0 Å². The van der Waals surface area contributed by atoms with Crippen molar-refractivity contribution in [3.8, 4) is 0 Å². The van der Waals surface area contributed by atoms with Gasteiger partial charge in [-0.15, -0.1) is 0 Å². The van der Waals surface area contributed by atoms with E-state index in [-0.39, 0.29) is 5.91 Å². The van der Waals surface area contributed by atoms with Crippen LogP contribution in [0.4, 0.5) is 0 Å². The molecule has 1 fully saturated rings. The first-order valence-electron chi connectivity index (χ1n) is 5.53. The van der Waals surface area contributed by atoms with Gasteiger partial charge in [-0.1, -0.05) is 28.9 Å². The van der Waals surface area contributed by atoms with Crippen LogP contribution in [0.3, 0.4) is 0 Å². The number of alkyl halides is 1. The van der Waals surface area contributed by atoms with E-state index in [1.807, 2.05) is 17.0 Å². The minimum absolute atomic E-state index is 0.0388. The summed E-state index contributed by atoms with van der Waals surface area (Å²) in [6, 6.07) is 5.43. The Balaban J connectivity index is 2.06. The summed E-state index contributed by atoms with van der Waals surface area (Å²) in [5, 5.41) is 0. The van der Waals surface area contributed by atoms with Crippen molar-refractivity contribution in [2.75, 3.05) is 13.1 Å². The molecule has 0 aromatic carbocycles. The Hall–Kier alpha value is -0.900. The molecule has 0 spiro atoms. The van der Waals surface area contributed by atoms with E-state index >= 15 is 0 Å². The predicted molar refractivity (Wildman–Crippen MR) is 66.6 cm³/mol. The number of carbonyl (C=O) groups is 1. The Morgan fingerprint density at radius 1 is 1.56 bits per heavy atom. The van der Waals surface area contributed by atoms with Crippen LogP contribution in [-0.4, -0.2) is 33.7 Å². The SMILES string of the molecule is CC1CCN(C(=O)c2ccccn2)CC1Br. The predicted octanol–water partition coefficient (Wildman–Crippen LogP) is 2.33. The van der Waals surface area contributed by atoms with E-state index in [0.717, 1.165) is 19.5 Å². The Bertz CT molecular complexity index is 369. The molecule has 1 aliphatic heterocycles. The molecule has 0 N–H and O–H groups in total. The van der Waals surface area contributed by atoms with Crippen LogP contribution >= 0.6 is 15.9 Å². The van der Waals surface area contributed by atoms with Gasteiger partial charge in [0.15, 0.2) is 0 Å². The molecule has 1 saturated heterocycles. The molecule has 16 heavy (non-hydrogen) atoms. The third-order valence-corrected chi connectivity index (χ3v) is 4.23. The summed E-state index contributed by atoms with van der Waals surface area (Å²) in [6.07, 6.45) is 2.71. The molecule has 1 aromatic heterocycles. The summed E-state index contributed by atoms with van der Waals surface area (Å²) in [4.78, 5) is 18.5. The molecule has 4 heteroatoms. The van der Waals surface area contributed by atoms with Gasteiger partial charge in [-0.25, -0.2) is 0 Å². The number of hydrogen-bond acceptors (Lipinski definition) is 2. The highest BCUT2D eigenvalue weighted by atomic mass is 79.9. The van der Waals surface area contributed by atoms with Crippen molar-refractivity contribution in [3.05, 3.63) is 30.1 Å². The van der Waals surface area contributed by atoms with Gasteiger partial charge in [0.2, 0.25) is 0 Å². The van der Waals surface area contributed by atoms with E-state index in [0.29, 0.717) is 16.4 Å². The number of pyridine rings is 1. The van der Waals surface area contributed by atoms with Crippen molar-refractivity contribution in [2.24, 2.45) is 5.92 Å². The normalized spacial score (nSPS) is 25.5. The molecule has 2 heterocycles. The van der Waals surface area contributed by atoms with Crippen LogP contribution in [-0.2, 0) is 0 Å². The van der Waals surface area contributed by atoms with Gasteiger partial charge in [-0.2, -0.15) is 0 Å². The highest BCUT2D eigenvalue weighted by Gasteiger charge is 2.27. The third kappa shape index (κ3) is 2.43. The Labute approximate surface area is 104 Å². The Morgan fingerprint density at radius 3 is 3.00 bits per heavy atom. The molecular weight excluding hydrogens is 268 g/mol. The number of rotatable bonds is 1. The largest absolute Gasteiger partial charge is 0.336 e. The lowest BCUT2D eigenvalue weighted by molar-refractivity contribution is 0.0700. The number of nitrogens with zero attached hydrogens (tertiary/aromatic N) is 2. The van der Waals surface area contributed by atoms with Crippen molar-refractivity contribution < 1.29 is 4.79 Å². The highest BCUT2D eigenvalue weighted by molar-refractivity contribution is 9.09. The monoisotopic (exact) mass is 282 g/mol. The number of piperidine rings is 1. The molecule has 1 amide bonds. The number of aromatic nitrogens is 1. The van der Waals surface area contributed by atoms with Crippen LogP contribution in [0.15, 0.2) is 24.4 Å². The molecule has 2 rings (SSSR count). The first-order chi connectivity index (χ1) is 7.68. The lowest BCUT2D eigenvalue weighted by Crippen LogP contribution is -2.43.